The minimum atomic E-state index is 0.512. The predicted molar refractivity (Wildman–Crippen MR) is 121 cm³/mol. The highest BCUT2D eigenvalue weighted by molar-refractivity contribution is 5.96. The van der Waals surface area contributed by atoms with Gasteiger partial charge in [0.15, 0.2) is 5.65 Å². The lowest BCUT2D eigenvalue weighted by Crippen LogP contribution is -2.36. The number of fused-ring (bicyclic) bond motifs is 1. The van der Waals surface area contributed by atoms with Crippen LogP contribution in [0.25, 0.3) is 11.2 Å². The molecular weight excluding hydrogens is 380 g/mol. The van der Waals surface area contributed by atoms with Crippen molar-refractivity contribution in [3.63, 3.8) is 0 Å². The minimum absolute atomic E-state index is 0.512. The van der Waals surface area contributed by atoms with Gasteiger partial charge in [0.25, 0.3) is 0 Å². The van der Waals surface area contributed by atoms with Crippen LogP contribution in [0.4, 0.5) is 11.5 Å². The van der Waals surface area contributed by atoms with Crippen LogP contribution >= 0.6 is 0 Å². The van der Waals surface area contributed by atoms with Gasteiger partial charge in [-0.3, -0.25) is 0 Å². The summed E-state index contributed by atoms with van der Waals surface area (Å²) in [4.78, 5) is 11.2. The molecule has 1 fully saturated rings. The number of pyridine rings is 1. The Morgan fingerprint density at radius 3 is 2.67 bits per heavy atom. The number of nitrogens with zero attached hydrogens (tertiary/aromatic N) is 4. The number of nitrogens with two attached hydrogens (primary N) is 1. The molecular formula is C22H30N6O2. The first kappa shape index (κ1) is 21.7. The number of hydrogen-bond acceptors (Lipinski definition) is 7. The number of nitrogens with one attached hydrogen (secondary N) is 1. The molecule has 160 valence electrons. The molecule has 0 unspecified atom stereocenters. The standard InChI is InChI=1S/C13H19N5O2.C9H11N/c1-19-5-2-18-9-15-12-10(8-11(14)16-13(12)18)17-3-6-20-7-4-17;1-7-4-3-5-9(6-7)8(2)10/h8-9H,2-7H2,1H3,(H2,14,16);3-6,10H,1-2H3. The summed E-state index contributed by atoms with van der Waals surface area (Å²) in [6, 6.07) is 9.87. The van der Waals surface area contributed by atoms with Crippen molar-refractivity contribution in [3.05, 3.63) is 47.8 Å². The molecule has 0 amide bonds. The fourth-order valence-electron chi connectivity index (χ4n) is 3.31. The molecule has 4 rings (SSSR count). The van der Waals surface area contributed by atoms with Gasteiger partial charge >= 0.3 is 0 Å². The van der Waals surface area contributed by atoms with Gasteiger partial charge < -0.3 is 30.1 Å². The normalized spacial score (nSPS) is 13.8. The lowest BCUT2D eigenvalue weighted by atomic mass is 10.1. The number of anilines is 2. The van der Waals surface area contributed by atoms with Crippen LogP contribution in [-0.2, 0) is 16.0 Å². The molecule has 2 aromatic heterocycles. The molecule has 0 radical (unpaired) electrons. The van der Waals surface area contributed by atoms with Gasteiger partial charge in [-0.1, -0.05) is 29.8 Å². The van der Waals surface area contributed by atoms with Crippen molar-refractivity contribution < 1.29 is 9.47 Å². The zero-order valence-electron chi connectivity index (χ0n) is 17.9. The van der Waals surface area contributed by atoms with Crippen molar-refractivity contribution in [3.8, 4) is 0 Å². The van der Waals surface area contributed by atoms with E-state index in [1.807, 2.05) is 41.8 Å². The third kappa shape index (κ3) is 5.34. The number of morpholine rings is 1. The van der Waals surface area contributed by atoms with Gasteiger partial charge in [-0.15, -0.1) is 0 Å². The molecule has 0 aliphatic carbocycles. The summed E-state index contributed by atoms with van der Waals surface area (Å²) in [6.07, 6.45) is 1.79. The van der Waals surface area contributed by atoms with Crippen molar-refractivity contribution in [2.45, 2.75) is 20.4 Å². The molecule has 1 aliphatic rings. The van der Waals surface area contributed by atoms with E-state index in [1.165, 1.54) is 5.56 Å². The Kier molecular flexibility index (Phi) is 7.37. The Hall–Kier alpha value is -2.97. The summed E-state index contributed by atoms with van der Waals surface area (Å²) in [5.41, 5.74) is 11.5. The number of imidazole rings is 1. The number of aryl methyl sites for hydroxylation is 1. The predicted octanol–water partition coefficient (Wildman–Crippen LogP) is 2.88. The van der Waals surface area contributed by atoms with Gasteiger partial charge in [-0.25, -0.2) is 9.97 Å². The molecule has 0 atom stereocenters. The van der Waals surface area contributed by atoms with Gasteiger partial charge in [0, 0.05) is 38.5 Å². The molecule has 30 heavy (non-hydrogen) atoms. The van der Waals surface area contributed by atoms with Crippen molar-refractivity contribution in [1.29, 1.82) is 5.41 Å². The Morgan fingerprint density at radius 1 is 1.27 bits per heavy atom. The molecule has 3 N–H and O–H groups in total. The first-order valence-electron chi connectivity index (χ1n) is 10.0. The average molecular weight is 411 g/mol. The quantitative estimate of drug-likeness (QED) is 0.627. The largest absolute Gasteiger partial charge is 0.384 e. The highest BCUT2D eigenvalue weighted by atomic mass is 16.5. The van der Waals surface area contributed by atoms with Crippen LogP contribution in [0.1, 0.15) is 18.1 Å². The summed E-state index contributed by atoms with van der Waals surface area (Å²) < 4.78 is 12.5. The lowest BCUT2D eigenvalue weighted by molar-refractivity contribution is 0.123. The number of hydrogen-bond donors (Lipinski definition) is 2. The molecule has 1 aromatic carbocycles. The van der Waals surface area contributed by atoms with E-state index in [9.17, 15) is 0 Å². The van der Waals surface area contributed by atoms with Crippen molar-refractivity contribution in [2.75, 3.05) is 50.7 Å². The van der Waals surface area contributed by atoms with E-state index >= 15 is 0 Å². The van der Waals surface area contributed by atoms with Gasteiger partial charge in [-0.2, -0.15) is 0 Å². The number of ether oxygens (including phenoxy) is 2. The van der Waals surface area contributed by atoms with E-state index in [0.717, 1.165) is 48.7 Å². The van der Waals surface area contributed by atoms with Crippen LogP contribution in [0.3, 0.4) is 0 Å². The molecule has 3 aromatic rings. The summed E-state index contributed by atoms with van der Waals surface area (Å²) in [6.45, 7) is 8.33. The Morgan fingerprint density at radius 2 is 2.03 bits per heavy atom. The van der Waals surface area contributed by atoms with Crippen molar-refractivity contribution in [2.24, 2.45) is 0 Å². The van der Waals surface area contributed by atoms with E-state index in [-0.39, 0.29) is 0 Å². The maximum absolute atomic E-state index is 7.33. The van der Waals surface area contributed by atoms with Gasteiger partial charge in [0.05, 0.1) is 31.8 Å². The first-order valence-corrected chi connectivity index (χ1v) is 10.0. The zero-order chi connectivity index (χ0) is 21.5. The number of nitrogen functional groups attached to an aromatic ring is 1. The molecule has 1 saturated heterocycles. The van der Waals surface area contributed by atoms with Gasteiger partial charge in [0.1, 0.15) is 11.3 Å². The Balaban J connectivity index is 0.000000216. The molecule has 8 heteroatoms. The molecule has 0 saturated carbocycles. The topological polar surface area (TPSA) is 102 Å². The van der Waals surface area contributed by atoms with E-state index in [1.54, 1.807) is 20.4 Å². The van der Waals surface area contributed by atoms with Crippen LogP contribution < -0.4 is 10.6 Å². The van der Waals surface area contributed by atoms with Crippen LogP contribution in [-0.4, -0.2) is 60.3 Å². The maximum atomic E-state index is 7.33. The molecule has 1 aliphatic heterocycles. The van der Waals surface area contributed by atoms with Crippen molar-refractivity contribution >= 4 is 28.4 Å². The monoisotopic (exact) mass is 410 g/mol. The average Bonchev–Trinajstić information content (AvgIpc) is 3.15. The van der Waals surface area contributed by atoms with Crippen LogP contribution in [0, 0.1) is 12.3 Å². The van der Waals surface area contributed by atoms with Crippen molar-refractivity contribution in [1.82, 2.24) is 14.5 Å². The number of aromatic nitrogens is 3. The highest BCUT2D eigenvalue weighted by Gasteiger charge is 2.18. The second kappa shape index (κ2) is 10.2. The second-order valence-electron chi connectivity index (χ2n) is 7.26. The third-order valence-corrected chi connectivity index (χ3v) is 4.91. The SMILES string of the molecule is CC(=N)c1cccc(C)c1.COCCn1cnc2c(N3CCOCC3)cc(N)nc21. The van der Waals surface area contributed by atoms with Crippen LogP contribution in [0.2, 0.25) is 0 Å². The second-order valence-corrected chi connectivity index (χ2v) is 7.26. The summed E-state index contributed by atoms with van der Waals surface area (Å²) >= 11 is 0. The highest BCUT2D eigenvalue weighted by Crippen LogP contribution is 2.27. The van der Waals surface area contributed by atoms with E-state index in [0.29, 0.717) is 24.7 Å². The Labute approximate surface area is 177 Å². The molecule has 0 bridgehead atoms. The Bertz CT molecular complexity index is 994. The van der Waals surface area contributed by atoms with Crippen LogP contribution in [0.15, 0.2) is 36.7 Å². The maximum Gasteiger partial charge on any atom is 0.164 e. The molecule has 8 nitrogen and oxygen atoms in total. The fraction of sp³-hybridized carbons (Fsp3) is 0.409. The van der Waals surface area contributed by atoms with Crippen LogP contribution in [0.5, 0.6) is 0 Å². The third-order valence-electron chi connectivity index (χ3n) is 4.91. The lowest BCUT2D eigenvalue weighted by Gasteiger charge is -2.29. The first-order chi connectivity index (χ1) is 14.5. The number of rotatable bonds is 5. The number of methoxy groups -OCH3 is 1. The zero-order valence-corrected chi connectivity index (χ0v) is 17.9. The summed E-state index contributed by atoms with van der Waals surface area (Å²) in [5, 5.41) is 7.33. The van der Waals surface area contributed by atoms with Gasteiger partial charge in [0.2, 0.25) is 0 Å². The molecule has 0 spiro atoms. The summed E-state index contributed by atoms with van der Waals surface area (Å²) in [7, 11) is 1.68. The molecule has 3 heterocycles. The summed E-state index contributed by atoms with van der Waals surface area (Å²) in [5.74, 6) is 0.512. The fourth-order valence-corrected chi connectivity index (χ4v) is 3.31. The van der Waals surface area contributed by atoms with E-state index in [2.05, 4.69) is 14.9 Å². The smallest absolute Gasteiger partial charge is 0.164 e. The van der Waals surface area contributed by atoms with E-state index < -0.39 is 0 Å². The minimum Gasteiger partial charge on any atom is -0.384 e. The van der Waals surface area contributed by atoms with Gasteiger partial charge in [-0.05, 0) is 19.4 Å². The van der Waals surface area contributed by atoms with E-state index in [4.69, 9.17) is 20.6 Å². The number of benzene rings is 1.